The van der Waals surface area contributed by atoms with Gasteiger partial charge in [0, 0.05) is 10.7 Å². The summed E-state index contributed by atoms with van der Waals surface area (Å²) in [5.41, 5.74) is 2.73. The summed E-state index contributed by atoms with van der Waals surface area (Å²) in [5.74, 6) is -0.154. The van der Waals surface area contributed by atoms with Gasteiger partial charge in [-0.25, -0.2) is 0 Å². The predicted molar refractivity (Wildman–Crippen MR) is 90.7 cm³/mol. The zero-order valence-corrected chi connectivity index (χ0v) is 13.1. The van der Waals surface area contributed by atoms with Gasteiger partial charge in [0.1, 0.15) is 0 Å². The smallest absolute Gasteiger partial charge is 0.230 e. The highest BCUT2D eigenvalue weighted by molar-refractivity contribution is 7.80. The first-order valence-corrected chi connectivity index (χ1v) is 7.24. The molecule has 21 heavy (non-hydrogen) atoms. The summed E-state index contributed by atoms with van der Waals surface area (Å²) in [7, 11) is 0. The highest BCUT2D eigenvalue weighted by atomic mass is 35.5. The van der Waals surface area contributed by atoms with Crippen molar-refractivity contribution in [1.82, 2.24) is 5.32 Å². The molecule has 0 aromatic heterocycles. The highest BCUT2D eigenvalue weighted by Gasteiger charge is 2.07. The molecule has 0 aliphatic heterocycles. The van der Waals surface area contributed by atoms with Gasteiger partial charge in [0.25, 0.3) is 0 Å². The van der Waals surface area contributed by atoms with Crippen molar-refractivity contribution in [2.24, 2.45) is 0 Å². The van der Waals surface area contributed by atoms with E-state index < -0.39 is 0 Å². The van der Waals surface area contributed by atoms with Gasteiger partial charge in [0.2, 0.25) is 5.91 Å². The maximum atomic E-state index is 11.9. The number of carbonyl (C=O) groups is 1. The lowest BCUT2D eigenvalue weighted by Crippen LogP contribution is -2.35. The van der Waals surface area contributed by atoms with Gasteiger partial charge in [-0.15, -0.1) is 0 Å². The number of rotatable bonds is 3. The molecule has 2 aromatic rings. The molecule has 2 aromatic carbocycles. The van der Waals surface area contributed by atoms with Crippen LogP contribution in [-0.4, -0.2) is 11.0 Å². The topological polar surface area (TPSA) is 41.1 Å². The van der Waals surface area contributed by atoms with Gasteiger partial charge in [0.15, 0.2) is 5.11 Å². The quantitative estimate of drug-likeness (QED) is 0.848. The number of anilines is 1. The lowest BCUT2D eigenvalue weighted by Gasteiger charge is -2.12. The molecule has 0 unspecified atom stereocenters. The maximum absolute atomic E-state index is 11.9. The first kappa shape index (κ1) is 15.5. The van der Waals surface area contributed by atoms with Crippen molar-refractivity contribution in [1.29, 1.82) is 0 Å². The Balaban J connectivity index is 1.92. The summed E-state index contributed by atoms with van der Waals surface area (Å²) < 4.78 is 0. The van der Waals surface area contributed by atoms with Crippen LogP contribution in [0, 0.1) is 6.92 Å². The Morgan fingerprint density at radius 3 is 2.62 bits per heavy atom. The number of carbonyl (C=O) groups excluding carboxylic acids is 1. The molecule has 0 spiro atoms. The first-order valence-electron chi connectivity index (χ1n) is 6.45. The van der Waals surface area contributed by atoms with Crippen LogP contribution in [0.4, 0.5) is 5.69 Å². The van der Waals surface area contributed by atoms with Gasteiger partial charge in [0.05, 0.1) is 6.42 Å². The predicted octanol–water partition coefficient (Wildman–Crippen LogP) is 3.70. The van der Waals surface area contributed by atoms with Crippen LogP contribution in [0.1, 0.15) is 11.1 Å². The second-order valence-corrected chi connectivity index (χ2v) is 5.47. The summed E-state index contributed by atoms with van der Waals surface area (Å²) in [6, 6.07) is 15.0. The number of aryl methyl sites for hydroxylation is 1. The van der Waals surface area contributed by atoms with Crippen LogP contribution in [0.2, 0.25) is 5.02 Å². The Bertz CT molecular complexity index is 659. The number of hydrogen-bond donors (Lipinski definition) is 2. The van der Waals surface area contributed by atoms with Gasteiger partial charge >= 0.3 is 0 Å². The first-order chi connectivity index (χ1) is 10.0. The zero-order valence-electron chi connectivity index (χ0n) is 11.5. The van der Waals surface area contributed by atoms with Crippen LogP contribution in [0.15, 0.2) is 48.5 Å². The third-order valence-electron chi connectivity index (χ3n) is 2.91. The molecule has 0 aliphatic carbocycles. The van der Waals surface area contributed by atoms with Gasteiger partial charge in [-0.2, -0.15) is 0 Å². The van der Waals surface area contributed by atoms with Crippen LogP contribution in [0.3, 0.4) is 0 Å². The number of amides is 1. The Hall–Kier alpha value is -1.91. The number of hydrogen-bond acceptors (Lipinski definition) is 2. The highest BCUT2D eigenvalue weighted by Crippen LogP contribution is 2.19. The minimum absolute atomic E-state index is 0.154. The minimum Gasteiger partial charge on any atom is -0.332 e. The van der Waals surface area contributed by atoms with Crippen LogP contribution in [-0.2, 0) is 11.2 Å². The fraction of sp³-hybridized carbons (Fsp3) is 0.125. The molecule has 0 atom stereocenters. The average Bonchev–Trinajstić information content (AvgIpc) is 2.43. The molecule has 0 heterocycles. The van der Waals surface area contributed by atoms with Crippen LogP contribution < -0.4 is 10.6 Å². The number of halogens is 1. The summed E-state index contributed by atoms with van der Waals surface area (Å²) in [6.45, 7) is 1.94. The minimum atomic E-state index is -0.154. The SMILES string of the molecule is Cc1ccc(Cl)cc1NC(=S)NC(=O)Cc1ccccc1. The number of nitrogens with one attached hydrogen (secondary N) is 2. The Labute approximate surface area is 134 Å². The summed E-state index contributed by atoms with van der Waals surface area (Å²) in [4.78, 5) is 11.9. The third kappa shape index (κ3) is 4.85. The van der Waals surface area contributed by atoms with Crippen LogP contribution in [0.5, 0.6) is 0 Å². The molecule has 108 valence electrons. The van der Waals surface area contributed by atoms with E-state index in [2.05, 4.69) is 10.6 Å². The molecule has 0 saturated carbocycles. The molecule has 0 bridgehead atoms. The number of benzene rings is 2. The van der Waals surface area contributed by atoms with E-state index >= 15 is 0 Å². The fourth-order valence-electron chi connectivity index (χ4n) is 1.83. The van der Waals surface area contributed by atoms with E-state index in [0.29, 0.717) is 5.02 Å². The van der Waals surface area contributed by atoms with Crippen LogP contribution in [0.25, 0.3) is 0 Å². The Morgan fingerprint density at radius 2 is 1.90 bits per heavy atom. The van der Waals surface area contributed by atoms with Crippen molar-refractivity contribution < 1.29 is 4.79 Å². The lowest BCUT2D eigenvalue weighted by molar-refractivity contribution is -0.119. The van der Waals surface area contributed by atoms with E-state index in [1.807, 2.05) is 43.3 Å². The van der Waals surface area contributed by atoms with Crippen molar-refractivity contribution in [2.75, 3.05) is 5.32 Å². The summed E-state index contributed by atoms with van der Waals surface area (Å²) in [5, 5.41) is 6.52. The van der Waals surface area contributed by atoms with Gasteiger partial charge < -0.3 is 10.6 Å². The molecule has 3 nitrogen and oxygen atoms in total. The monoisotopic (exact) mass is 318 g/mol. The largest absolute Gasteiger partial charge is 0.332 e. The Morgan fingerprint density at radius 1 is 1.19 bits per heavy atom. The number of thiocarbonyl (C=S) groups is 1. The zero-order chi connectivity index (χ0) is 15.2. The van der Waals surface area contributed by atoms with E-state index in [1.165, 1.54) is 0 Å². The molecule has 0 radical (unpaired) electrons. The molecule has 5 heteroatoms. The van der Waals surface area contributed by atoms with E-state index in [4.69, 9.17) is 23.8 Å². The molecule has 1 amide bonds. The van der Waals surface area contributed by atoms with Crippen LogP contribution >= 0.6 is 23.8 Å². The molecule has 0 saturated heterocycles. The summed E-state index contributed by atoms with van der Waals surface area (Å²) >= 11 is 11.1. The molecule has 0 fully saturated rings. The molecule has 0 aliphatic rings. The third-order valence-corrected chi connectivity index (χ3v) is 3.35. The Kier molecular flexibility index (Phi) is 5.31. The second kappa shape index (κ2) is 7.20. The molecular weight excluding hydrogens is 304 g/mol. The van der Waals surface area contributed by atoms with E-state index in [9.17, 15) is 4.79 Å². The maximum Gasteiger partial charge on any atom is 0.230 e. The van der Waals surface area contributed by atoms with Crippen molar-refractivity contribution in [3.05, 3.63) is 64.7 Å². The van der Waals surface area contributed by atoms with E-state index in [-0.39, 0.29) is 17.4 Å². The molecule has 2 rings (SSSR count). The average molecular weight is 319 g/mol. The van der Waals surface area contributed by atoms with E-state index in [1.54, 1.807) is 12.1 Å². The molecule has 2 N–H and O–H groups in total. The van der Waals surface area contributed by atoms with Crippen molar-refractivity contribution in [2.45, 2.75) is 13.3 Å². The van der Waals surface area contributed by atoms with Crippen molar-refractivity contribution in [3.63, 3.8) is 0 Å². The summed E-state index contributed by atoms with van der Waals surface area (Å²) in [6.07, 6.45) is 0.289. The van der Waals surface area contributed by atoms with Crippen molar-refractivity contribution in [3.8, 4) is 0 Å². The molecular formula is C16H15ClN2OS. The van der Waals surface area contributed by atoms with E-state index in [0.717, 1.165) is 16.8 Å². The van der Waals surface area contributed by atoms with Gasteiger partial charge in [-0.3, -0.25) is 4.79 Å². The second-order valence-electron chi connectivity index (χ2n) is 4.62. The van der Waals surface area contributed by atoms with Gasteiger partial charge in [-0.1, -0.05) is 48.0 Å². The standard InChI is InChI=1S/C16H15ClN2OS/c1-11-7-8-13(17)10-14(11)18-16(21)19-15(20)9-12-5-3-2-4-6-12/h2-8,10H,9H2,1H3,(H2,18,19,20,21). The normalized spacial score (nSPS) is 10.0. The fourth-order valence-corrected chi connectivity index (χ4v) is 2.23. The lowest BCUT2D eigenvalue weighted by atomic mass is 10.1. The van der Waals surface area contributed by atoms with Gasteiger partial charge in [-0.05, 0) is 42.4 Å². The van der Waals surface area contributed by atoms with Crippen molar-refractivity contribution >= 4 is 40.5 Å².